The standard InChI is InChI=1S/C40H42Cl2N4O6/c1-40(24-47,39(48)49)45-20-28-15-33(41)37(16-36(28)51-23-27-14-26(17-43)18-44-19-27)52-34-12-11-30-29(7-3-8-31(30)34)32-9-4-10-35(38(32)42)50-22-25-6-5-13-46(2)21-25/h3-4,7-10,14-16,18-19,25,34,45,47H,5-6,11-13,20-24H2,1-2H3,(H,48,49)/t25-,34-,40?/m0/s1. The highest BCUT2D eigenvalue weighted by molar-refractivity contribution is 6.35. The van der Waals surface area contributed by atoms with Crippen molar-refractivity contribution in [2.24, 2.45) is 5.92 Å². The van der Waals surface area contributed by atoms with Gasteiger partial charge in [-0.15, -0.1) is 0 Å². The SMILES string of the molecule is CN1CCC[C@H](COc2cccc(-c3cccc4c3CC[C@@H]4Oc3cc(OCc4cncc(C#N)c4)c(CNC(C)(CO)C(=O)O)cc3Cl)c2Cl)C1. The van der Waals surface area contributed by atoms with Crippen LogP contribution >= 0.6 is 23.2 Å². The summed E-state index contributed by atoms with van der Waals surface area (Å²) >= 11 is 13.8. The molecule has 1 aliphatic heterocycles. The maximum absolute atomic E-state index is 11.8. The molecule has 6 rings (SSSR count). The van der Waals surface area contributed by atoms with Gasteiger partial charge >= 0.3 is 5.97 Å². The number of carboxylic acid groups (broad SMARTS) is 1. The Morgan fingerprint density at radius 1 is 1.08 bits per heavy atom. The molecule has 0 saturated carbocycles. The van der Waals surface area contributed by atoms with E-state index in [0.29, 0.717) is 62.9 Å². The molecule has 0 bridgehead atoms. The van der Waals surface area contributed by atoms with Gasteiger partial charge in [0.2, 0.25) is 0 Å². The highest BCUT2D eigenvalue weighted by atomic mass is 35.5. The van der Waals surface area contributed by atoms with E-state index in [1.165, 1.54) is 19.5 Å². The summed E-state index contributed by atoms with van der Waals surface area (Å²) in [6.45, 7) is 3.66. The lowest BCUT2D eigenvalue weighted by Gasteiger charge is -2.29. The number of likely N-dealkylation sites (tertiary alicyclic amines) is 1. The summed E-state index contributed by atoms with van der Waals surface area (Å²) in [5.41, 5.74) is 4.18. The number of ether oxygens (including phenoxy) is 3. The van der Waals surface area contributed by atoms with Crippen molar-refractivity contribution in [3.05, 3.63) is 105 Å². The number of nitrogens with one attached hydrogen (secondary N) is 1. The van der Waals surface area contributed by atoms with E-state index in [4.69, 9.17) is 37.4 Å². The number of hydrogen-bond donors (Lipinski definition) is 3. The van der Waals surface area contributed by atoms with E-state index in [2.05, 4.69) is 40.5 Å². The molecule has 3 N–H and O–H groups in total. The molecule has 52 heavy (non-hydrogen) atoms. The molecule has 0 amide bonds. The van der Waals surface area contributed by atoms with Crippen molar-refractivity contribution in [1.29, 1.82) is 5.26 Å². The second-order valence-corrected chi connectivity index (χ2v) is 14.5. The number of hydrogen-bond acceptors (Lipinski definition) is 9. The van der Waals surface area contributed by atoms with Crippen LogP contribution in [0.15, 0.2) is 67.0 Å². The normalized spacial score (nSPS) is 18.2. The third kappa shape index (κ3) is 8.46. The molecule has 1 unspecified atom stereocenters. The second kappa shape index (κ2) is 16.5. The summed E-state index contributed by atoms with van der Waals surface area (Å²) < 4.78 is 19.1. The van der Waals surface area contributed by atoms with Crippen LogP contribution in [0, 0.1) is 17.2 Å². The van der Waals surface area contributed by atoms with Crippen molar-refractivity contribution >= 4 is 29.2 Å². The van der Waals surface area contributed by atoms with E-state index in [1.807, 2.05) is 24.3 Å². The number of carboxylic acids is 1. The first-order valence-electron chi connectivity index (χ1n) is 17.4. The number of piperidine rings is 1. The molecule has 2 aliphatic rings. The quantitative estimate of drug-likeness (QED) is 0.121. The highest BCUT2D eigenvalue weighted by Crippen LogP contribution is 2.45. The molecule has 1 fully saturated rings. The van der Waals surface area contributed by atoms with Crippen LogP contribution in [-0.4, -0.2) is 65.0 Å². The van der Waals surface area contributed by atoms with Crippen LogP contribution in [-0.2, 0) is 24.4 Å². The number of rotatable bonds is 14. The molecular weight excluding hydrogens is 703 g/mol. The van der Waals surface area contributed by atoms with E-state index < -0.39 is 18.1 Å². The zero-order valence-corrected chi connectivity index (χ0v) is 30.7. The molecule has 1 aromatic heterocycles. The first-order valence-corrected chi connectivity index (χ1v) is 18.1. The van der Waals surface area contributed by atoms with E-state index in [9.17, 15) is 20.3 Å². The Balaban J connectivity index is 1.24. The summed E-state index contributed by atoms with van der Waals surface area (Å²) in [7, 11) is 2.15. The molecule has 3 aromatic carbocycles. The maximum atomic E-state index is 11.8. The van der Waals surface area contributed by atoms with Crippen LogP contribution in [0.5, 0.6) is 17.2 Å². The zero-order chi connectivity index (χ0) is 36.8. The first kappa shape index (κ1) is 37.4. The van der Waals surface area contributed by atoms with E-state index in [1.54, 1.807) is 24.4 Å². The zero-order valence-electron chi connectivity index (χ0n) is 29.2. The lowest BCUT2D eigenvalue weighted by molar-refractivity contribution is -0.145. The van der Waals surface area contributed by atoms with Crippen LogP contribution in [0.4, 0.5) is 0 Å². The van der Waals surface area contributed by atoms with Gasteiger partial charge in [-0.25, -0.2) is 0 Å². The van der Waals surface area contributed by atoms with Crippen LogP contribution in [0.3, 0.4) is 0 Å². The van der Waals surface area contributed by atoms with Gasteiger partial charge in [0.1, 0.15) is 41.6 Å². The second-order valence-electron chi connectivity index (χ2n) is 13.7. The average molecular weight is 746 g/mol. The van der Waals surface area contributed by atoms with Crippen LogP contribution in [0.1, 0.15) is 60.1 Å². The van der Waals surface area contributed by atoms with Crippen molar-refractivity contribution in [3.8, 4) is 34.4 Å². The number of nitrogens with zero attached hydrogens (tertiary/aromatic N) is 3. The Morgan fingerprint density at radius 3 is 2.65 bits per heavy atom. The van der Waals surface area contributed by atoms with Gasteiger partial charge < -0.3 is 29.3 Å². The highest BCUT2D eigenvalue weighted by Gasteiger charge is 2.33. The monoisotopic (exact) mass is 744 g/mol. The number of aromatic nitrogens is 1. The number of fused-ring (bicyclic) bond motifs is 1. The molecule has 2 heterocycles. The predicted octanol–water partition coefficient (Wildman–Crippen LogP) is 7.22. The van der Waals surface area contributed by atoms with Gasteiger partial charge in [0.15, 0.2) is 0 Å². The minimum Gasteiger partial charge on any atom is -0.492 e. The van der Waals surface area contributed by atoms with Crippen molar-refractivity contribution in [1.82, 2.24) is 15.2 Å². The lowest BCUT2D eigenvalue weighted by Crippen LogP contribution is -2.52. The van der Waals surface area contributed by atoms with Crippen molar-refractivity contribution < 1.29 is 29.2 Å². The van der Waals surface area contributed by atoms with Crippen LogP contribution in [0.25, 0.3) is 11.1 Å². The first-order chi connectivity index (χ1) is 25.1. The summed E-state index contributed by atoms with van der Waals surface area (Å²) in [5.74, 6) is 0.753. The van der Waals surface area contributed by atoms with Crippen LogP contribution < -0.4 is 19.5 Å². The van der Waals surface area contributed by atoms with Crippen molar-refractivity contribution in [2.45, 2.75) is 57.4 Å². The van der Waals surface area contributed by atoms with Gasteiger partial charge in [0, 0.05) is 54.2 Å². The number of carbonyl (C=O) groups is 1. The maximum Gasteiger partial charge on any atom is 0.326 e. The molecule has 0 radical (unpaired) electrons. The average Bonchev–Trinajstić information content (AvgIpc) is 3.56. The topological polar surface area (TPSA) is 137 Å². The molecule has 1 saturated heterocycles. The molecule has 3 atom stereocenters. The Hall–Kier alpha value is -4.37. The van der Waals surface area contributed by atoms with E-state index in [-0.39, 0.29) is 19.3 Å². The van der Waals surface area contributed by atoms with Gasteiger partial charge in [-0.3, -0.25) is 15.1 Å². The fourth-order valence-electron chi connectivity index (χ4n) is 6.81. The summed E-state index contributed by atoms with van der Waals surface area (Å²) in [5, 5.41) is 32.6. The lowest BCUT2D eigenvalue weighted by atomic mass is 9.96. The fraction of sp³-hybridized carbons (Fsp3) is 0.375. The Bertz CT molecular complexity index is 1970. The molecule has 4 aromatic rings. The summed E-state index contributed by atoms with van der Waals surface area (Å²) in [6.07, 6.45) is 6.58. The molecule has 10 nitrogen and oxygen atoms in total. The van der Waals surface area contributed by atoms with Gasteiger partial charge in [0.05, 0.1) is 28.8 Å². The molecule has 1 aliphatic carbocycles. The van der Waals surface area contributed by atoms with Gasteiger partial charge in [-0.2, -0.15) is 5.26 Å². The van der Waals surface area contributed by atoms with E-state index >= 15 is 0 Å². The number of aliphatic carboxylic acids is 1. The molecule has 0 spiro atoms. The largest absolute Gasteiger partial charge is 0.492 e. The smallest absolute Gasteiger partial charge is 0.326 e. The number of halogens is 2. The van der Waals surface area contributed by atoms with Crippen molar-refractivity contribution in [2.75, 3.05) is 33.4 Å². The molecular formula is C40H42Cl2N4O6. The minimum absolute atomic E-state index is 0.0338. The number of nitriles is 1. The predicted molar refractivity (Wildman–Crippen MR) is 199 cm³/mol. The summed E-state index contributed by atoms with van der Waals surface area (Å²) in [6, 6.07) is 19.2. The van der Waals surface area contributed by atoms with Crippen LogP contribution in [0.2, 0.25) is 10.0 Å². The van der Waals surface area contributed by atoms with Crippen molar-refractivity contribution in [3.63, 3.8) is 0 Å². The fourth-order valence-corrected chi connectivity index (χ4v) is 7.32. The van der Waals surface area contributed by atoms with Gasteiger partial charge in [0.25, 0.3) is 0 Å². The molecule has 272 valence electrons. The minimum atomic E-state index is -1.59. The summed E-state index contributed by atoms with van der Waals surface area (Å²) in [4.78, 5) is 18.3. The van der Waals surface area contributed by atoms with Gasteiger partial charge in [-0.1, -0.05) is 53.5 Å². The number of benzene rings is 3. The Labute approximate surface area is 313 Å². The number of aliphatic hydroxyl groups excluding tert-OH is 1. The number of aliphatic hydroxyl groups is 1. The molecule has 12 heteroatoms. The third-order valence-electron chi connectivity index (χ3n) is 9.83. The Kier molecular flexibility index (Phi) is 11.9. The van der Waals surface area contributed by atoms with Gasteiger partial charge in [-0.05, 0) is 81.1 Å². The third-order valence-corrected chi connectivity index (χ3v) is 10.5. The number of pyridine rings is 1. The Morgan fingerprint density at radius 2 is 1.88 bits per heavy atom. The van der Waals surface area contributed by atoms with E-state index in [0.717, 1.165) is 48.2 Å².